The monoisotopic (exact) mass is 248 g/mol. The number of fused-ring (bicyclic) bond motifs is 1. The average molecular weight is 248 g/mol. The third-order valence-electron chi connectivity index (χ3n) is 2.96. The number of benzene rings is 1. The largest absolute Gasteiger partial charge is 0.479 e. The fraction of sp³-hybridized carbons (Fsp3) is 0.429. The first-order valence-corrected chi connectivity index (χ1v) is 6.12. The first kappa shape index (κ1) is 12.6. The number of ketones is 1. The molecule has 0 aromatic heterocycles. The lowest BCUT2D eigenvalue weighted by molar-refractivity contribution is -0.150. The van der Waals surface area contributed by atoms with Gasteiger partial charge in [-0.3, -0.25) is 4.79 Å². The Hall–Kier alpha value is -1.84. The topological polar surface area (TPSA) is 52.6 Å². The smallest absolute Gasteiger partial charge is 0.347 e. The van der Waals surface area contributed by atoms with Crippen LogP contribution in [-0.4, -0.2) is 24.5 Å². The molecule has 0 bridgehead atoms. The van der Waals surface area contributed by atoms with Gasteiger partial charge in [-0.1, -0.05) is 12.1 Å². The van der Waals surface area contributed by atoms with Crippen LogP contribution in [0.15, 0.2) is 18.2 Å². The van der Waals surface area contributed by atoms with Crippen LogP contribution in [0, 0.1) is 0 Å². The predicted octanol–water partition coefficient (Wildman–Crippen LogP) is 2.15. The van der Waals surface area contributed by atoms with Gasteiger partial charge in [0.25, 0.3) is 0 Å². The van der Waals surface area contributed by atoms with Crippen LogP contribution in [0.5, 0.6) is 5.75 Å². The van der Waals surface area contributed by atoms with Gasteiger partial charge < -0.3 is 9.47 Å². The number of hydrogen-bond acceptors (Lipinski definition) is 4. The van der Waals surface area contributed by atoms with Gasteiger partial charge in [0.1, 0.15) is 5.75 Å². The Morgan fingerprint density at radius 1 is 1.39 bits per heavy atom. The van der Waals surface area contributed by atoms with Gasteiger partial charge in [0.2, 0.25) is 0 Å². The second-order valence-electron chi connectivity index (χ2n) is 4.22. The van der Waals surface area contributed by atoms with Gasteiger partial charge in [-0.15, -0.1) is 0 Å². The molecule has 1 atom stereocenters. The molecule has 1 aromatic rings. The maximum Gasteiger partial charge on any atom is 0.347 e. The van der Waals surface area contributed by atoms with Gasteiger partial charge in [0.05, 0.1) is 6.61 Å². The highest BCUT2D eigenvalue weighted by molar-refractivity contribution is 6.01. The lowest BCUT2D eigenvalue weighted by Crippen LogP contribution is -2.26. The normalized spacial score (nSPS) is 15.1. The number of esters is 1. The lowest BCUT2D eigenvalue weighted by atomic mass is 10.1. The minimum atomic E-state index is -0.660. The van der Waals surface area contributed by atoms with Crippen molar-refractivity contribution >= 4 is 11.8 Å². The summed E-state index contributed by atoms with van der Waals surface area (Å²) < 4.78 is 10.5. The molecule has 1 unspecified atom stereocenters. The molecule has 0 amide bonds. The fourth-order valence-electron chi connectivity index (χ4n) is 2.07. The zero-order valence-electron chi connectivity index (χ0n) is 10.6. The van der Waals surface area contributed by atoms with Gasteiger partial charge >= 0.3 is 5.97 Å². The Bertz CT molecular complexity index is 479. The summed E-state index contributed by atoms with van der Waals surface area (Å²) in [7, 11) is 0. The van der Waals surface area contributed by atoms with Crippen LogP contribution in [0.4, 0.5) is 0 Å². The molecule has 0 aliphatic heterocycles. The van der Waals surface area contributed by atoms with Crippen molar-refractivity contribution in [2.45, 2.75) is 32.8 Å². The van der Waals surface area contributed by atoms with Crippen LogP contribution < -0.4 is 4.74 Å². The third-order valence-corrected chi connectivity index (χ3v) is 2.96. The van der Waals surface area contributed by atoms with Crippen molar-refractivity contribution in [3.8, 4) is 5.75 Å². The quantitative estimate of drug-likeness (QED) is 0.766. The van der Waals surface area contributed by atoms with Gasteiger partial charge in [-0.25, -0.2) is 4.79 Å². The van der Waals surface area contributed by atoms with E-state index in [1.165, 1.54) is 0 Å². The molecular formula is C14H16O4. The highest BCUT2D eigenvalue weighted by Crippen LogP contribution is 2.31. The van der Waals surface area contributed by atoms with Crippen molar-refractivity contribution in [2.75, 3.05) is 6.61 Å². The molecule has 0 spiro atoms. The van der Waals surface area contributed by atoms with Crippen molar-refractivity contribution in [1.82, 2.24) is 0 Å². The van der Waals surface area contributed by atoms with Gasteiger partial charge in [-0.2, -0.15) is 0 Å². The van der Waals surface area contributed by atoms with E-state index < -0.39 is 6.10 Å². The molecule has 1 aliphatic carbocycles. The molecule has 1 aliphatic rings. The summed E-state index contributed by atoms with van der Waals surface area (Å²) in [6.45, 7) is 3.73. The first-order valence-electron chi connectivity index (χ1n) is 6.12. The molecule has 4 nitrogen and oxygen atoms in total. The van der Waals surface area contributed by atoms with Crippen LogP contribution in [0.25, 0.3) is 0 Å². The summed E-state index contributed by atoms with van der Waals surface area (Å²) in [6.07, 6.45) is 0.538. The molecule has 2 rings (SSSR count). The van der Waals surface area contributed by atoms with Crippen molar-refractivity contribution in [3.63, 3.8) is 0 Å². The average Bonchev–Trinajstić information content (AvgIpc) is 2.73. The Balaban J connectivity index is 2.16. The highest BCUT2D eigenvalue weighted by Gasteiger charge is 2.24. The van der Waals surface area contributed by atoms with Crippen LogP contribution in [0.3, 0.4) is 0 Å². The molecule has 0 saturated heterocycles. The third kappa shape index (κ3) is 2.37. The molecular weight excluding hydrogens is 232 g/mol. The minimum absolute atomic E-state index is 0.138. The molecule has 4 heteroatoms. The Morgan fingerprint density at radius 3 is 2.89 bits per heavy atom. The van der Waals surface area contributed by atoms with Crippen LogP contribution in [-0.2, 0) is 16.0 Å². The van der Waals surface area contributed by atoms with Crippen LogP contribution in [0.1, 0.15) is 36.2 Å². The summed E-state index contributed by atoms with van der Waals surface area (Å²) in [5.74, 6) is 0.359. The van der Waals surface area contributed by atoms with Crippen LogP contribution >= 0.6 is 0 Å². The van der Waals surface area contributed by atoms with Crippen molar-refractivity contribution in [1.29, 1.82) is 0 Å². The Labute approximate surface area is 106 Å². The number of rotatable bonds is 4. The molecule has 0 saturated carbocycles. The second-order valence-corrected chi connectivity index (χ2v) is 4.22. The zero-order valence-corrected chi connectivity index (χ0v) is 10.6. The van der Waals surface area contributed by atoms with E-state index in [1.807, 2.05) is 0 Å². The summed E-state index contributed by atoms with van der Waals surface area (Å²) in [4.78, 5) is 23.1. The van der Waals surface area contributed by atoms with Crippen molar-refractivity contribution in [3.05, 3.63) is 29.3 Å². The van der Waals surface area contributed by atoms with E-state index in [0.717, 1.165) is 5.56 Å². The molecule has 0 heterocycles. The van der Waals surface area contributed by atoms with Crippen molar-refractivity contribution < 1.29 is 19.1 Å². The number of carbonyl (C=O) groups excluding carboxylic acids is 2. The zero-order chi connectivity index (χ0) is 13.1. The number of Topliss-reactive ketones (excluding diaryl/α,β-unsaturated/α-hetero) is 1. The standard InChI is InChI=1S/C14H16O4/c1-3-17-14(16)9(2)18-13-6-4-5-10-11(13)7-8-12(10)15/h4-6,9H,3,7-8H2,1-2H3. The lowest BCUT2D eigenvalue weighted by Gasteiger charge is -2.15. The van der Waals surface area contributed by atoms with E-state index in [2.05, 4.69) is 0 Å². The molecule has 96 valence electrons. The Morgan fingerprint density at radius 2 is 2.17 bits per heavy atom. The number of hydrogen-bond donors (Lipinski definition) is 0. The molecule has 1 aromatic carbocycles. The maximum absolute atomic E-state index is 11.6. The van der Waals surface area contributed by atoms with E-state index in [9.17, 15) is 9.59 Å². The fourth-order valence-corrected chi connectivity index (χ4v) is 2.07. The van der Waals surface area contributed by atoms with E-state index in [1.54, 1.807) is 32.0 Å². The molecule has 0 fully saturated rings. The van der Waals surface area contributed by atoms with Crippen molar-refractivity contribution in [2.24, 2.45) is 0 Å². The van der Waals surface area contributed by atoms with Gasteiger partial charge in [0, 0.05) is 17.5 Å². The van der Waals surface area contributed by atoms with E-state index in [0.29, 0.717) is 30.8 Å². The maximum atomic E-state index is 11.6. The predicted molar refractivity (Wildman–Crippen MR) is 65.8 cm³/mol. The van der Waals surface area contributed by atoms with E-state index in [4.69, 9.17) is 9.47 Å². The van der Waals surface area contributed by atoms with E-state index >= 15 is 0 Å². The van der Waals surface area contributed by atoms with E-state index in [-0.39, 0.29) is 11.8 Å². The molecule has 18 heavy (non-hydrogen) atoms. The number of carbonyl (C=O) groups is 2. The Kier molecular flexibility index (Phi) is 3.65. The highest BCUT2D eigenvalue weighted by atomic mass is 16.6. The summed E-state index contributed by atoms with van der Waals surface area (Å²) in [5.41, 5.74) is 1.61. The number of ether oxygens (including phenoxy) is 2. The van der Waals surface area contributed by atoms with Gasteiger partial charge in [-0.05, 0) is 26.3 Å². The van der Waals surface area contributed by atoms with Crippen LogP contribution in [0.2, 0.25) is 0 Å². The molecule has 0 radical (unpaired) electrons. The summed E-state index contributed by atoms with van der Waals surface area (Å²) in [6, 6.07) is 5.36. The SMILES string of the molecule is CCOC(=O)C(C)Oc1cccc2c1CCC2=O. The molecule has 0 N–H and O–H groups in total. The van der Waals surface area contributed by atoms with Gasteiger partial charge in [0.15, 0.2) is 11.9 Å². The first-order chi connectivity index (χ1) is 8.63. The summed E-state index contributed by atoms with van der Waals surface area (Å²) >= 11 is 0. The summed E-state index contributed by atoms with van der Waals surface area (Å²) in [5, 5.41) is 0. The second kappa shape index (κ2) is 5.21. The minimum Gasteiger partial charge on any atom is -0.479 e.